The summed E-state index contributed by atoms with van der Waals surface area (Å²) in [5.41, 5.74) is 2.40. The third-order valence-electron chi connectivity index (χ3n) is 4.95. The number of benzene rings is 2. The first-order valence-electron chi connectivity index (χ1n) is 10.6. The van der Waals surface area contributed by atoms with Crippen LogP contribution in [0.1, 0.15) is 31.4 Å². The number of halogens is 2. The SMILES string of the molecule is CC(C)COC[C@@H](O)CN(Cc1ccccc1F)C[C@@H]1CC(c2ccc(Cl)cc2)=NO1. The van der Waals surface area contributed by atoms with Crippen molar-refractivity contribution >= 4 is 17.3 Å². The molecule has 0 unspecified atom stereocenters. The number of aliphatic hydroxyl groups is 1. The first kappa shape index (κ1) is 23.7. The predicted octanol–water partition coefficient (Wildman–Crippen LogP) is 4.51. The van der Waals surface area contributed by atoms with Crippen molar-refractivity contribution in [2.45, 2.75) is 39.0 Å². The third kappa shape index (κ3) is 7.58. The van der Waals surface area contributed by atoms with E-state index in [1.165, 1.54) is 6.07 Å². The zero-order valence-electron chi connectivity index (χ0n) is 18.0. The maximum atomic E-state index is 14.2. The molecule has 1 aliphatic heterocycles. The van der Waals surface area contributed by atoms with Crippen molar-refractivity contribution in [1.82, 2.24) is 4.90 Å². The van der Waals surface area contributed by atoms with E-state index in [0.717, 1.165) is 11.3 Å². The van der Waals surface area contributed by atoms with E-state index in [2.05, 4.69) is 19.0 Å². The highest BCUT2D eigenvalue weighted by Gasteiger charge is 2.26. The van der Waals surface area contributed by atoms with Gasteiger partial charge in [-0.3, -0.25) is 4.90 Å². The number of hydrogen-bond donors (Lipinski definition) is 1. The molecule has 0 bridgehead atoms. The van der Waals surface area contributed by atoms with Crippen LogP contribution in [0.5, 0.6) is 0 Å². The van der Waals surface area contributed by atoms with Gasteiger partial charge in [0.25, 0.3) is 0 Å². The molecule has 0 spiro atoms. The van der Waals surface area contributed by atoms with Gasteiger partial charge in [0, 0.05) is 43.2 Å². The number of hydrogen-bond acceptors (Lipinski definition) is 5. The fourth-order valence-electron chi connectivity index (χ4n) is 3.49. The summed E-state index contributed by atoms with van der Waals surface area (Å²) in [7, 11) is 0. The molecule has 1 N–H and O–H groups in total. The molecular weight excluding hydrogens is 419 g/mol. The molecule has 31 heavy (non-hydrogen) atoms. The number of oxime groups is 1. The molecule has 0 aromatic heterocycles. The first-order valence-corrected chi connectivity index (χ1v) is 11.0. The van der Waals surface area contributed by atoms with Gasteiger partial charge in [-0.1, -0.05) is 60.9 Å². The van der Waals surface area contributed by atoms with Crippen LogP contribution >= 0.6 is 11.6 Å². The van der Waals surface area contributed by atoms with Crippen LogP contribution in [0.4, 0.5) is 4.39 Å². The molecule has 1 aliphatic rings. The smallest absolute Gasteiger partial charge is 0.145 e. The molecule has 168 valence electrons. The highest BCUT2D eigenvalue weighted by Crippen LogP contribution is 2.20. The van der Waals surface area contributed by atoms with Crippen LogP contribution in [0.25, 0.3) is 0 Å². The lowest BCUT2D eigenvalue weighted by Gasteiger charge is -2.27. The Hall–Kier alpha value is -1.99. The molecule has 2 aromatic rings. The lowest BCUT2D eigenvalue weighted by atomic mass is 10.0. The fourth-order valence-corrected chi connectivity index (χ4v) is 3.61. The van der Waals surface area contributed by atoms with Gasteiger partial charge in [0.05, 0.1) is 18.4 Å². The number of aliphatic hydroxyl groups excluding tert-OH is 1. The summed E-state index contributed by atoms with van der Waals surface area (Å²) in [6, 6.07) is 14.2. The van der Waals surface area contributed by atoms with Crippen molar-refractivity contribution in [3.8, 4) is 0 Å². The topological polar surface area (TPSA) is 54.3 Å². The summed E-state index contributed by atoms with van der Waals surface area (Å²) in [5.74, 6) is 0.139. The molecule has 2 aromatic carbocycles. The lowest BCUT2D eigenvalue weighted by Crippen LogP contribution is -2.39. The monoisotopic (exact) mass is 448 g/mol. The van der Waals surface area contributed by atoms with Crippen molar-refractivity contribution < 1.29 is 19.1 Å². The summed E-state index contributed by atoms with van der Waals surface area (Å²) >= 11 is 5.97. The minimum atomic E-state index is -0.677. The molecular formula is C24H30ClFN2O3. The maximum absolute atomic E-state index is 14.2. The van der Waals surface area contributed by atoms with Gasteiger partial charge in [0.2, 0.25) is 0 Å². The van der Waals surface area contributed by atoms with Crippen LogP contribution in [0.3, 0.4) is 0 Å². The Labute approximate surface area is 188 Å². The fraction of sp³-hybridized carbons (Fsp3) is 0.458. The first-order chi connectivity index (χ1) is 14.9. The van der Waals surface area contributed by atoms with Gasteiger partial charge in [-0.2, -0.15) is 0 Å². The standard InChI is InChI=1S/C24H30ClFN2O3/c1-17(2)15-30-16-21(29)13-28(12-19-5-3-4-6-23(19)26)14-22-11-24(27-31-22)18-7-9-20(25)10-8-18/h3-10,17,21-22,29H,11-16H2,1-2H3/t21-,22-/m0/s1. The quantitative estimate of drug-likeness (QED) is 0.549. The van der Waals surface area contributed by atoms with E-state index in [-0.39, 0.29) is 18.5 Å². The number of nitrogens with zero attached hydrogens (tertiary/aromatic N) is 2. The molecule has 0 aliphatic carbocycles. The third-order valence-corrected chi connectivity index (χ3v) is 5.21. The van der Waals surface area contributed by atoms with Gasteiger partial charge in [0.15, 0.2) is 0 Å². The number of rotatable bonds is 11. The van der Waals surface area contributed by atoms with Crippen molar-refractivity contribution in [3.05, 3.63) is 70.5 Å². The van der Waals surface area contributed by atoms with Gasteiger partial charge in [-0.05, 0) is 29.7 Å². The van der Waals surface area contributed by atoms with Crippen molar-refractivity contribution in [2.24, 2.45) is 11.1 Å². The molecule has 0 saturated carbocycles. The van der Waals surface area contributed by atoms with Gasteiger partial charge in [-0.15, -0.1) is 0 Å². The Morgan fingerprint density at radius 3 is 2.65 bits per heavy atom. The Kier molecular flexibility index (Phi) is 8.84. The van der Waals surface area contributed by atoms with E-state index in [0.29, 0.717) is 49.2 Å². The Balaban J connectivity index is 1.61. The van der Waals surface area contributed by atoms with Crippen molar-refractivity contribution in [1.29, 1.82) is 0 Å². The van der Waals surface area contributed by atoms with E-state index in [1.807, 2.05) is 35.2 Å². The zero-order valence-corrected chi connectivity index (χ0v) is 18.8. The second kappa shape index (κ2) is 11.6. The predicted molar refractivity (Wildman–Crippen MR) is 121 cm³/mol. The summed E-state index contributed by atoms with van der Waals surface area (Å²) in [6.07, 6.45) is -0.222. The van der Waals surface area contributed by atoms with Gasteiger partial charge < -0.3 is 14.7 Å². The summed E-state index contributed by atoms with van der Waals surface area (Å²) in [4.78, 5) is 7.64. The molecule has 0 fully saturated rings. The highest BCUT2D eigenvalue weighted by molar-refractivity contribution is 6.30. The Morgan fingerprint density at radius 2 is 1.94 bits per heavy atom. The largest absolute Gasteiger partial charge is 0.390 e. The average Bonchev–Trinajstić information content (AvgIpc) is 3.18. The molecule has 2 atom stereocenters. The van der Waals surface area contributed by atoms with Crippen LogP contribution in [-0.4, -0.2) is 54.2 Å². The summed E-state index contributed by atoms with van der Waals surface area (Å²) < 4.78 is 19.8. The van der Waals surface area contributed by atoms with Gasteiger partial charge in [0.1, 0.15) is 11.9 Å². The lowest BCUT2D eigenvalue weighted by molar-refractivity contribution is -0.00755. The highest BCUT2D eigenvalue weighted by atomic mass is 35.5. The van der Waals surface area contributed by atoms with Crippen LogP contribution in [0.2, 0.25) is 5.02 Å². The van der Waals surface area contributed by atoms with Crippen LogP contribution in [0.15, 0.2) is 53.7 Å². The minimum Gasteiger partial charge on any atom is -0.390 e. The molecule has 1 heterocycles. The Morgan fingerprint density at radius 1 is 1.19 bits per heavy atom. The average molecular weight is 449 g/mol. The van der Waals surface area contributed by atoms with E-state index >= 15 is 0 Å². The van der Waals surface area contributed by atoms with Crippen molar-refractivity contribution in [2.75, 3.05) is 26.3 Å². The van der Waals surface area contributed by atoms with E-state index in [1.54, 1.807) is 12.1 Å². The molecule has 0 saturated heterocycles. The normalized spacial score (nSPS) is 17.1. The van der Waals surface area contributed by atoms with Gasteiger partial charge >= 0.3 is 0 Å². The van der Waals surface area contributed by atoms with Gasteiger partial charge in [-0.25, -0.2) is 4.39 Å². The second-order valence-electron chi connectivity index (χ2n) is 8.35. The minimum absolute atomic E-state index is 0.179. The molecule has 5 nitrogen and oxygen atoms in total. The van der Waals surface area contributed by atoms with Crippen LogP contribution < -0.4 is 0 Å². The molecule has 0 radical (unpaired) electrons. The Bertz CT molecular complexity index is 860. The van der Waals surface area contributed by atoms with E-state index < -0.39 is 6.10 Å². The number of ether oxygens (including phenoxy) is 1. The summed E-state index contributed by atoms with van der Waals surface area (Å²) in [6.45, 7) is 6.18. The van der Waals surface area contributed by atoms with E-state index in [9.17, 15) is 9.50 Å². The summed E-state index contributed by atoms with van der Waals surface area (Å²) in [5, 5.41) is 15.4. The second-order valence-corrected chi connectivity index (χ2v) is 8.78. The van der Waals surface area contributed by atoms with Crippen LogP contribution in [0, 0.1) is 11.7 Å². The van der Waals surface area contributed by atoms with E-state index in [4.69, 9.17) is 21.2 Å². The van der Waals surface area contributed by atoms with Crippen LogP contribution in [-0.2, 0) is 16.1 Å². The molecule has 7 heteroatoms. The maximum Gasteiger partial charge on any atom is 0.145 e. The molecule has 3 rings (SSSR count). The zero-order chi connectivity index (χ0) is 22.2. The molecule has 0 amide bonds. The van der Waals surface area contributed by atoms with Crippen molar-refractivity contribution in [3.63, 3.8) is 0 Å².